The highest BCUT2D eigenvalue weighted by atomic mass is 32.1. The number of aliphatic hydroxyl groups excluding tert-OH is 1. The Morgan fingerprint density at radius 3 is 2.48 bits per heavy atom. The molecule has 1 aromatic carbocycles. The van der Waals surface area contributed by atoms with E-state index in [0.29, 0.717) is 17.2 Å². The number of ether oxygens (including phenoxy) is 1. The molecular weight excluding hydrogens is 364 g/mol. The molecule has 1 unspecified atom stereocenters. The Balaban J connectivity index is 2.10. The zero-order chi connectivity index (χ0) is 19.7. The topological polar surface area (TPSA) is 79.7 Å². The second-order valence-corrected chi connectivity index (χ2v) is 7.75. The van der Waals surface area contributed by atoms with Crippen molar-refractivity contribution in [3.8, 4) is 0 Å². The third kappa shape index (κ3) is 3.52. The van der Waals surface area contributed by atoms with E-state index in [1.165, 1.54) is 16.2 Å². The first-order chi connectivity index (χ1) is 12.8. The maximum atomic E-state index is 13.2. The lowest BCUT2D eigenvalue weighted by atomic mass is 9.94. The van der Waals surface area contributed by atoms with Crippen molar-refractivity contribution >= 4 is 23.0 Å². The van der Waals surface area contributed by atoms with E-state index in [2.05, 4.69) is 4.98 Å². The van der Waals surface area contributed by atoms with Gasteiger partial charge in [0, 0.05) is 13.7 Å². The maximum Gasteiger partial charge on any atom is 0.290 e. The molecule has 7 heteroatoms. The first-order valence-corrected chi connectivity index (χ1v) is 9.45. The Labute approximate surface area is 162 Å². The van der Waals surface area contributed by atoms with Crippen LogP contribution in [-0.4, -0.2) is 46.9 Å². The molecule has 0 aliphatic carbocycles. The van der Waals surface area contributed by atoms with Gasteiger partial charge in [0.2, 0.25) is 5.78 Å². The highest BCUT2D eigenvalue weighted by Crippen LogP contribution is 2.39. The number of hydrogen-bond donors (Lipinski definition) is 1. The number of Topliss-reactive ketones (excluding diaryl/α,β-unsaturated/α-hetero) is 1. The summed E-state index contributed by atoms with van der Waals surface area (Å²) in [6.45, 7) is 6.13. The number of rotatable bonds is 6. The Morgan fingerprint density at radius 1 is 1.26 bits per heavy atom. The summed E-state index contributed by atoms with van der Waals surface area (Å²) in [6.07, 6.45) is 0. The van der Waals surface area contributed by atoms with E-state index in [-0.39, 0.29) is 17.9 Å². The van der Waals surface area contributed by atoms with Gasteiger partial charge in [-0.2, -0.15) is 0 Å². The van der Waals surface area contributed by atoms with Crippen LogP contribution in [0.1, 0.15) is 37.5 Å². The molecule has 0 radical (unpaired) electrons. The van der Waals surface area contributed by atoms with Gasteiger partial charge in [0.05, 0.1) is 33.8 Å². The third-order valence-corrected chi connectivity index (χ3v) is 5.66. The molecule has 0 saturated heterocycles. The number of ketones is 1. The van der Waals surface area contributed by atoms with Crippen LogP contribution in [0.25, 0.3) is 0 Å². The molecule has 1 N–H and O–H groups in total. The SMILES string of the molecule is COCCN1C(=O)C(O)=C(C(=O)c2sc(C)nc2C)C1c1ccc(C)cc1. The second-order valence-electron chi connectivity index (χ2n) is 6.54. The Kier molecular flexibility index (Phi) is 5.43. The molecule has 0 bridgehead atoms. The largest absolute Gasteiger partial charge is 0.503 e. The number of hydrogen-bond acceptors (Lipinski definition) is 6. The van der Waals surface area contributed by atoms with Crippen molar-refractivity contribution < 1.29 is 19.4 Å². The number of methoxy groups -OCH3 is 1. The minimum atomic E-state index is -0.650. The molecule has 2 heterocycles. The molecule has 1 aliphatic rings. The molecule has 142 valence electrons. The fraction of sp³-hybridized carbons (Fsp3) is 0.350. The van der Waals surface area contributed by atoms with Crippen LogP contribution in [0.5, 0.6) is 0 Å². The number of nitrogens with zero attached hydrogens (tertiary/aromatic N) is 2. The van der Waals surface area contributed by atoms with Crippen LogP contribution in [0.4, 0.5) is 0 Å². The van der Waals surface area contributed by atoms with Gasteiger partial charge in [-0.15, -0.1) is 11.3 Å². The van der Waals surface area contributed by atoms with Crippen LogP contribution < -0.4 is 0 Å². The number of amides is 1. The fourth-order valence-electron chi connectivity index (χ4n) is 3.27. The lowest BCUT2D eigenvalue weighted by Crippen LogP contribution is -2.34. The zero-order valence-corrected chi connectivity index (χ0v) is 16.6. The Bertz CT molecular complexity index is 915. The summed E-state index contributed by atoms with van der Waals surface area (Å²) in [5, 5.41) is 11.3. The van der Waals surface area contributed by atoms with Gasteiger partial charge in [-0.05, 0) is 26.3 Å². The van der Waals surface area contributed by atoms with E-state index in [1.807, 2.05) is 38.1 Å². The van der Waals surface area contributed by atoms with E-state index in [9.17, 15) is 14.7 Å². The number of thiazole rings is 1. The molecule has 0 fully saturated rings. The van der Waals surface area contributed by atoms with Crippen LogP contribution in [0, 0.1) is 20.8 Å². The number of aromatic nitrogens is 1. The predicted octanol–water partition coefficient (Wildman–Crippen LogP) is 3.29. The van der Waals surface area contributed by atoms with Crippen LogP contribution in [0.15, 0.2) is 35.6 Å². The Morgan fingerprint density at radius 2 is 1.93 bits per heavy atom. The second kappa shape index (κ2) is 7.62. The summed E-state index contributed by atoms with van der Waals surface area (Å²) in [6, 6.07) is 6.96. The lowest BCUT2D eigenvalue weighted by molar-refractivity contribution is -0.130. The van der Waals surface area contributed by atoms with Gasteiger partial charge < -0.3 is 14.7 Å². The Hall–Kier alpha value is -2.51. The number of carbonyl (C=O) groups excluding carboxylic acids is 2. The van der Waals surface area contributed by atoms with E-state index >= 15 is 0 Å². The number of aryl methyl sites for hydroxylation is 3. The first kappa shape index (κ1) is 19.3. The summed E-state index contributed by atoms with van der Waals surface area (Å²) in [7, 11) is 1.55. The molecule has 0 spiro atoms. The monoisotopic (exact) mass is 386 g/mol. The molecule has 6 nitrogen and oxygen atoms in total. The summed E-state index contributed by atoms with van der Waals surface area (Å²) >= 11 is 1.27. The molecule has 3 rings (SSSR count). The standard InChI is InChI=1S/C20H22N2O4S/c1-11-5-7-14(8-6-11)16-15(17(23)19-12(2)21-13(3)27-19)18(24)20(25)22(16)9-10-26-4/h5-8,16,24H,9-10H2,1-4H3. The van der Waals surface area contributed by atoms with Crippen molar-refractivity contribution in [3.63, 3.8) is 0 Å². The first-order valence-electron chi connectivity index (χ1n) is 8.63. The summed E-state index contributed by atoms with van der Waals surface area (Å²) < 4.78 is 5.11. The van der Waals surface area contributed by atoms with Crippen molar-refractivity contribution in [2.45, 2.75) is 26.8 Å². The van der Waals surface area contributed by atoms with Gasteiger partial charge >= 0.3 is 0 Å². The van der Waals surface area contributed by atoms with Gasteiger partial charge in [0.25, 0.3) is 5.91 Å². The van der Waals surface area contributed by atoms with Crippen LogP contribution >= 0.6 is 11.3 Å². The van der Waals surface area contributed by atoms with E-state index in [1.54, 1.807) is 14.0 Å². The van der Waals surface area contributed by atoms with Gasteiger partial charge in [0.15, 0.2) is 5.76 Å². The minimum absolute atomic E-state index is 0.103. The predicted molar refractivity (Wildman–Crippen MR) is 103 cm³/mol. The van der Waals surface area contributed by atoms with E-state index in [4.69, 9.17) is 4.74 Å². The summed E-state index contributed by atoms with van der Waals surface area (Å²) in [5.41, 5.74) is 2.55. The van der Waals surface area contributed by atoms with Crippen LogP contribution in [0.3, 0.4) is 0 Å². The maximum absolute atomic E-state index is 13.2. The van der Waals surface area contributed by atoms with Gasteiger partial charge in [-0.3, -0.25) is 9.59 Å². The molecule has 27 heavy (non-hydrogen) atoms. The normalized spacial score (nSPS) is 17.1. The quantitative estimate of drug-likeness (QED) is 0.771. The van der Waals surface area contributed by atoms with Crippen molar-refractivity contribution in [2.75, 3.05) is 20.3 Å². The number of aliphatic hydroxyl groups is 1. The average Bonchev–Trinajstić information content (AvgIpc) is 3.10. The van der Waals surface area contributed by atoms with Crippen molar-refractivity contribution in [1.82, 2.24) is 9.88 Å². The van der Waals surface area contributed by atoms with Crippen LogP contribution in [-0.2, 0) is 9.53 Å². The molecule has 1 amide bonds. The number of carbonyl (C=O) groups is 2. The third-order valence-electron chi connectivity index (χ3n) is 4.59. The van der Waals surface area contributed by atoms with Crippen molar-refractivity contribution in [1.29, 1.82) is 0 Å². The highest BCUT2D eigenvalue weighted by Gasteiger charge is 2.44. The van der Waals surface area contributed by atoms with Gasteiger partial charge in [-0.25, -0.2) is 4.98 Å². The van der Waals surface area contributed by atoms with Gasteiger partial charge in [0.1, 0.15) is 0 Å². The molecule has 1 aromatic heterocycles. The highest BCUT2D eigenvalue weighted by molar-refractivity contribution is 7.14. The molecule has 1 aliphatic heterocycles. The van der Waals surface area contributed by atoms with Crippen molar-refractivity contribution in [2.24, 2.45) is 0 Å². The van der Waals surface area contributed by atoms with Crippen molar-refractivity contribution in [3.05, 3.63) is 62.3 Å². The molecule has 1 atom stereocenters. The van der Waals surface area contributed by atoms with Crippen LogP contribution in [0.2, 0.25) is 0 Å². The molecule has 2 aromatic rings. The summed E-state index contributed by atoms with van der Waals surface area (Å²) in [5.74, 6) is -1.40. The smallest absolute Gasteiger partial charge is 0.290 e. The zero-order valence-electron chi connectivity index (χ0n) is 15.8. The average molecular weight is 386 g/mol. The lowest BCUT2D eigenvalue weighted by Gasteiger charge is -2.26. The van der Waals surface area contributed by atoms with Gasteiger partial charge in [-0.1, -0.05) is 29.8 Å². The number of benzene rings is 1. The summed E-state index contributed by atoms with van der Waals surface area (Å²) in [4.78, 5) is 32.2. The fourth-order valence-corrected chi connectivity index (χ4v) is 4.14. The molecular formula is C20H22N2O4S. The minimum Gasteiger partial charge on any atom is -0.503 e. The molecule has 0 saturated carbocycles. The van der Waals surface area contributed by atoms with E-state index < -0.39 is 17.7 Å². The van der Waals surface area contributed by atoms with E-state index in [0.717, 1.165) is 16.1 Å².